The van der Waals surface area contributed by atoms with Crippen molar-refractivity contribution in [3.8, 4) is 11.5 Å². The van der Waals surface area contributed by atoms with Crippen LogP contribution in [0.3, 0.4) is 0 Å². The Balaban J connectivity index is 1.34. The highest BCUT2D eigenvalue weighted by Crippen LogP contribution is 2.43. The van der Waals surface area contributed by atoms with Gasteiger partial charge in [0, 0.05) is 5.92 Å². The molecule has 3 aromatic carbocycles. The van der Waals surface area contributed by atoms with Crippen LogP contribution in [0.4, 0.5) is 5.95 Å². The number of aliphatic hydroxyl groups is 2. The number of imidazole rings is 1. The maximum atomic E-state index is 13.1. The second kappa shape index (κ2) is 13.6. The Bertz CT molecular complexity index is 1880. The van der Waals surface area contributed by atoms with Crippen LogP contribution in [0.1, 0.15) is 36.8 Å². The van der Waals surface area contributed by atoms with Crippen molar-refractivity contribution in [2.45, 2.75) is 44.0 Å². The molecule has 0 saturated carbocycles. The van der Waals surface area contributed by atoms with E-state index >= 15 is 0 Å². The molecule has 1 saturated heterocycles. The number of rotatable bonds is 11. The highest BCUT2D eigenvalue weighted by Gasteiger charge is 2.47. The molecule has 6 rings (SSSR count). The van der Waals surface area contributed by atoms with E-state index in [0.717, 1.165) is 16.7 Å². The second-order valence-corrected chi connectivity index (χ2v) is 11.7. The number of methoxy groups -OCH3 is 2. The van der Waals surface area contributed by atoms with Gasteiger partial charge in [0.05, 0.1) is 20.8 Å². The fourth-order valence-corrected chi connectivity index (χ4v) is 5.84. The molecule has 1 amide bonds. The molecule has 13 heteroatoms. The van der Waals surface area contributed by atoms with Gasteiger partial charge in [-0.15, -0.1) is 0 Å². The molecule has 0 bridgehead atoms. The zero-order valence-corrected chi connectivity index (χ0v) is 26.9. The number of ether oxygens (including phenoxy) is 4. The third-order valence-electron chi connectivity index (χ3n) is 8.45. The molecule has 1 fully saturated rings. The summed E-state index contributed by atoms with van der Waals surface area (Å²) in [6.07, 6.45) is -3.73. The molecule has 4 N–H and O–H groups in total. The lowest BCUT2D eigenvalue weighted by Crippen LogP contribution is -2.39. The minimum atomic E-state index is -1.44. The number of aromatic nitrogens is 4. The number of carbonyl (C=O) groups is 1. The summed E-state index contributed by atoms with van der Waals surface area (Å²) in [6.45, 7) is 3.26. The minimum Gasteiger partial charge on any atom is -0.497 e. The molecule has 250 valence electrons. The van der Waals surface area contributed by atoms with Crippen LogP contribution >= 0.6 is 0 Å². The highest BCUT2D eigenvalue weighted by atomic mass is 16.6. The molecule has 2 aromatic heterocycles. The van der Waals surface area contributed by atoms with Crippen molar-refractivity contribution in [1.82, 2.24) is 19.5 Å². The molecule has 4 atom stereocenters. The van der Waals surface area contributed by atoms with Crippen molar-refractivity contribution in [2.24, 2.45) is 5.92 Å². The second-order valence-electron chi connectivity index (χ2n) is 11.7. The number of aliphatic hydroxyl groups excluding tert-OH is 2. The minimum absolute atomic E-state index is 0.00506. The Morgan fingerprint density at radius 2 is 1.52 bits per heavy atom. The Morgan fingerprint density at radius 3 is 2.08 bits per heavy atom. The van der Waals surface area contributed by atoms with Crippen molar-refractivity contribution in [3.63, 3.8) is 0 Å². The number of hydrogen-bond acceptors (Lipinski definition) is 10. The van der Waals surface area contributed by atoms with Gasteiger partial charge in [0.2, 0.25) is 11.9 Å². The van der Waals surface area contributed by atoms with E-state index in [1.807, 2.05) is 78.9 Å². The Hall–Kier alpha value is -5.08. The molecule has 3 heterocycles. The van der Waals surface area contributed by atoms with Crippen molar-refractivity contribution in [1.29, 1.82) is 0 Å². The van der Waals surface area contributed by atoms with E-state index in [1.54, 1.807) is 28.1 Å². The average Bonchev–Trinajstić information content (AvgIpc) is 3.66. The SMILES string of the molecule is COc1ccc(C(OC[C@H]2O[C@@H](n3cnc4nc(NC(=O)C(C)C)[nH]c(=O)c43)[C@H](O)[C@@H]2O)(c2ccccc2)c2ccc(OC)cc2)cc1. The summed E-state index contributed by atoms with van der Waals surface area (Å²) < 4.78 is 25.2. The summed E-state index contributed by atoms with van der Waals surface area (Å²) in [4.78, 5) is 36.3. The number of nitrogens with zero attached hydrogens (tertiary/aromatic N) is 3. The van der Waals surface area contributed by atoms with Crippen LogP contribution < -0.4 is 20.3 Å². The molecule has 0 aliphatic carbocycles. The van der Waals surface area contributed by atoms with Gasteiger partial charge in [0.15, 0.2) is 17.4 Å². The molecular weight excluding hydrogens is 618 g/mol. The lowest BCUT2D eigenvalue weighted by Gasteiger charge is -2.37. The molecule has 0 unspecified atom stereocenters. The maximum absolute atomic E-state index is 13.1. The van der Waals surface area contributed by atoms with Crippen molar-refractivity contribution in [2.75, 3.05) is 26.1 Å². The summed E-state index contributed by atoms with van der Waals surface area (Å²) in [5, 5.41) is 25.0. The largest absolute Gasteiger partial charge is 0.497 e. The average molecular weight is 656 g/mol. The topological polar surface area (TPSA) is 170 Å². The summed E-state index contributed by atoms with van der Waals surface area (Å²) in [5.74, 6) is 0.629. The molecular formula is C35H37N5O8. The highest BCUT2D eigenvalue weighted by molar-refractivity contribution is 5.91. The summed E-state index contributed by atoms with van der Waals surface area (Å²) in [6, 6.07) is 24.7. The normalized spacial score (nSPS) is 19.5. The fourth-order valence-electron chi connectivity index (χ4n) is 5.84. The standard InChI is InChI=1S/C35H37N5O8/c1-20(2)31(43)38-34-37-30-27(32(44)39-34)40(19-36-30)33-29(42)28(41)26(48-33)18-47-35(21-8-6-5-7-9-21,22-10-14-24(45-3)15-11-22)23-12-16-25(46-4)17-13-23/h5-17,19-20,26,28-29,33,41-42H,18H2,1-4H3,(H2,37,38,39,43,44)/t26-,28-,29-,33-/m1/s1. The number of amides is 1. The number of carbonyl (C=O) groups excluding carboxylic acids is 1. The van der Waals surface area contributed by atoms with E-state index in [9.17, 15) is 19.8 Å². The number of anilines is 1. The van der Waals surface area contributed by atoms with E-state index in [2.05, 4.69) is 20.3 Å². The van der Waals surface area contributed by atoms with Crippen LogP contribution in [0.25, 0.3) is 11.2 Å². The number of benzene rings is 3. The number of nitrogens with one attached hydrogen (secondary N) is 2. The zero-order valence-electron chi connectivity index (χ0n) is 26.9. The van der Waals surface area contributed by atoms with Gasteiger partial charge < -0.3 is 29.2 Å². The van der Waals surface area contributed by atoms with Gasteiger partial charge in [-0.25, -0.2) is 4.98 Å². The number of hydrogen-bond donors (Lipinski definition) is 4. The summed E-state index contributed by atoms with van der Waals surface area (Å²) in [7, 11) is 3.19. The number of fused-ring (bicyclic) bond motifs is 1. The molecule has 0 radical (unpaired) electrons. The van der Waals surface area contributed by atoms with E-state index in [1.165, 1.54) is 10.9 Å². The van der Waals surface area contributed by atoms with Crippen molar-refractivity contribution < 1.29 is 34.0 Å². The van der Waals surface area contributed by atoms with Gasteiger partial charge in [-0.05, 0) is 41.0 Å². The van der Waals surface area contributed by atoms with Crippen LogP contribution in [0.2, 0.25) is 0 Å². The predicted molar refractivity (Wildman–Crippen MR) is 176 cm³/mol. The predicted octanol–water partition coefficient (Wildman–Crippen LogP) is 3.36. The Morgan fingerprint density at radius 1 is 0.938 bits per heavy atom. The monoisotopic (exact) mass is 655 g/mol. The van der Waals surface area contributed by atoms with Gasteiger partial charge in [0.25, 0.3) is 5.56 Å². The first kappa shape index (κ1) is 32.8. The number of aromatic amines is 1. The molecule has 1 aliphatic heterocycles. The molecule has 0 spiro atoms. The maximum Gasteiger partial charge on any atom is 0.278 e. The van der Waals surface area contributed by atoms with Gasteiger partial charge in [-0.3, -0.25) is 24.5 Å². The lowest BCUT2D eigenvalue weighted by molar-refractivity contribution is -0.118. The molecule has 48 heavy (non-hydrogen) atoms. The smallest absolute Gasteiger partial charge is 0.278 e. The third-order valence-corrected chi connectivity index (χ3v) is 8.45. The van der Waals surface area contributed by atoms with Crippen LogP contribution in [0.5, 0.6) is 11.5 Å². The van der Waals surface area contributed by atoms with Crippen LogP contribution in [0.15, 0.2) is 90.0 Å². The molecule has 13 nitrogen and oxygen atoms in total. The van der Waals surface area contributed by atoms with Crippen molar-refractivity contribution in [3.05, 3.63) is 112 Å². The summed E-state index contributed by atoms with van der Waals surface area (Å²) >= 11 is 0. The van der Waals surface area contributed by atoms with E-state index < -0.39 is 35.7 Å². The molecule has 1 aliphatic rings. The summed E-state index contributed by atoms with van der Waals surface area (Å²) in [5.41, 5.74) is 0.610. The van der Waals surface area contributed by atoms with Gasteiger partial charge in [-0.1, -0.05) is 68.4 Å². The van der Waals surface area contributed by atoms with Crippen molar-refractivity contribution >= 4 is 23.0 Å². The Kier molecular flexibility index (Phi) is 9.29. The van der Waals surface area contributed by atoms with E-state index in [4.69, 9.17) is 18.9 Å². The zero-order chi connectivity index (χ0) is 34.0. The van der Waals surface area contributed by atoms with Gasteiger partial charge in [0.1, 0.15) is 41.7 Å². The first-order valence-corrected chi connectivity index (χ1v) is 15.4. The fraction of sp³-hybridized carbons (Fsp3) is 0.314. The van der Waals surface area contributed by atoms with E-state index in [0.29, 0.717) is 11.5 Å². The van der Waals surface area contributed by atoms with Crippen LogP contribution in [-0.2, 0) is 19.9 Å². The van der Waals surface area contributed by atoms with Crippen LogP contribution in [-0.4, -0.2) is 74.8 Å². The Labute approximate surface area is 276 Å². The van der Waals surface area contributed by atoms with Crippen LogP contribution in [0, 0.1) is 5.92 Å². The molecule has 5 aromatic rings. The van der Waals surface area contributed by atoms with Gasteiger partial charge >= 0.3 is 0 Å². The van der Waals surface area contributed by atoms with E-state index in [-0.39, 0.29) is 35.5 Å². The first-order chi connectivity index (χ1) is 23.2. The third kappa shape index (κ3) is 6.04. The lowest BCUT2D eigenvalue weighted by atomic mass is 9.80. The first-order valence-electron chi connectivity index (χ1n) is 15.4. The van der Waals surface area contributed by atoms with Gasteiger partial charge in [-0.2, -0.15) is 4.98 Å². The quantitative estimate of drug-likeness (QED) is 0.155. The number of H-pyrrole nitrogens is 1.